The van der Waals surface area contributed by atoms with Crippen LogP contribution in [0.4, 0.5) is 13.2 Å². The molecule has 3 unspecified atom stereocenters. The standard InChI is InChI=1S/C19H22F3NO4/c20-19(21,22)13-3-1-2-12(8-13)14-9-15(14)17(24)23-10-16(18(25)26)11-4-6-27-7-5-11/h1-3,8,11,14-16H,4-7,9-10H2,(H,23,24)(H,25,26). The van der Waals surface area contributed by atoms with E-state index in [0.29, 0.717) is 38.0 Å². The molecule has 1 heterocycles. The third kappa shape index (κ3) is 4.80. The summed E-state index contributed by atoms with van der Waals surface area (Å²) in [6.07, 6.45) is -2.66. The topological polar surface area (TPSA) is 75.6 Å². The number of aliphatic carboxylic acids is 1. The van der Waals surface area contributed by atoms with Crippen molar-refractivity contribution in [2.45, 2.75) is 31.4 Å². The molecule has 3 rings (SSSR count). The second-order valence-corrected chi connectivity index (χ2v) is 7.21. The lowest BCUT2D eigenvalue weighted by atomic mass is 9.86. The van der Waals surface area contributed by atoms with Crippen LogP contribution in [0.2, 0.25) is 0 Å². The predicted molar refractivity (Wildman–Crippen MR) is 90.0 cm³/mol. The summed E-state index contributed by atoms with van der Waals surface area (Å²) < 4.78 is 43.7. The fourth-order valence-corrected chi connectivity index (χ4v) is 3.71. The van der Waals surface area contributed by atoms with Gasteiger partial charge in [-0.2, -0.15) is 13.2 Å². The molecule has 27 heavy (non-hydrogen) atoms. The SMILES string of the molecule is O=C(O)C(CNC(=O)C1CC1c1cccc(C(F)(F)F)c1)C1CCOCC1. The summed E-state index contributed by atoms with van der Waals surface area (Å²) in [7, 11) is 0. The normalized spacial score (nSPS) is 24.3. The zero-order valence-electron chi connectivity index (χ0n) is 14.7. The van der Waals surface area contributed by atoms with Gasteiger partial charge in [0, 0.05) is 25.7 Å². The Labute approximate surface area is 154 Å². The maximum absolute atomic E-state index is 12.8. The van der Waals surface area contributed by atoms with Crippen LogP contribution in [0, 0.1) is 17.8 Å². The largest absolute Gasteiger partial charge is 0.481 e. The number of carbonyl (C=O) groups is 2. The molecule has 0 spiro atoms. The van der Waals surface area contributed by atoms with Crippen molar-refractivity contribution in [3.8, 4) is 0 Å². The third-order valence-corrected chi connectivity index (χ3v) is 5.42. The second kappa shape index (κ2) is 7.88. The molecule has 0 aromatic heterocycles. The Hall–Kier alpha value is -2.09. The van der Waals surface area contributed by atoms with Gasteiger partial charge in [0.05, 0.1) is 11.5 Å². The minimum absolute atomic E-state index is 0.0324. The van der Waals surface area contributed by atoms with Crippen LogP contribution in [0.1, 0.15) is 36.3 Å². The van der Waals surface area contributed by atoms with Crippen LogP contribution in [0.25, 0.3) is 0 Å². The molecule has 148 valence electrons. The highest BCUT2D eigenvalue weighted by atomic mass is 19.4. The molecule has 5 nitrogen and oxygen atoms in total. The molecule has 1 aliphatic carbocycles. The molecule has 1 aromatic carbocycles. The van der Waals surface area contributed by atoms with E-state index in [2.05, 4.69) is 5.32 Å². The van der Waals surface area contributed by atoms with Crippen molar-refractivity contribution in [2.24, 2.45) is 17.8 Å². The van der Waals surface area contributed by atoms with Gasteiger partial charge in [-0.05, 0) is 42.7 Å². The zero-order valence-corrected chi connectivity index (χ0v) is 14.7. The lowest BCUT2D eigenvalue weighted by molar-refractivity contribution is -0.145. The van der Waals surface area contributed by atoms with E-state index in [9.17, 15) is 27.9 Å². The summed E-state index contributed by atoms with van der Waals surface area (Å²) in [6.45, 7) is 1.07. The van der Waals surface area contributed by atoms with Crippen LogP contribution < -0.4 is 5.32 Å². The smallest absolute Gasteiger partial charge is 0.416 e. The minimum Gasteiger partial charge on any atom is -0.481 e. The molecule has 8 heteroatoms. The van der Waals surface area contributed by atoms with E-state index in [1.54, 1.807) is 6.07 Å². The van der Waals surface area contributed by atoms with Gasteiger partial charge < -0.3 is 15.2 Å². The second-order valence-electron chi connectivity index (χ2n) is 7.21. The lowest BCUT2D eigenvalue weighted by Gasteiger charge is -2.27. The number of hydrogen-bond donors (Lipinski definition) is 2. The van der Waals surface area contributed by atoms with Crippen molar-refractivity contribution < 1.29 is 32.6 Å². The van der Waals surface area contributed by atoms with E-state index in [-0.39, 0.29) is 24.3 Å². The van der Waals surface area contributed by atoms with Crippen molar-refractivity contribution in [3.05, 3.63) is 35.4 Å². The molecule has 0 radical (unpaired) electrons. The molecule has 1 aliphatic heterocycles. The maximum atomic E-state index is 12.8. The summed E-state index contributed by atoms with van der Waals surface area (Å²) in [5, 5.41) is 12.1. The van der Waals surface area contributed by atoms with E-state index in [1.165, 1.54) is 6.07 Å². The quantitative estimate of drug-likeness (QED) is 0.789. The van der Waals surface area contributed by atoms with Crippen LogP contribution in [0.3, 0.4) is 0 Å². The van der Waals surface area contributed by atoms with Crippen molar-refractivity contribution in [3.63, 3.8) is 0 Å². The molecule has 1 saturated carbocycles. The first-order chi connectivity index (χ1) is 12.8. The van der Waals surface area contributed by atoms with Crippen molar-refractivity contribution in [1.82, 2.24) is 5.32 Å². The van der Waals surface area contributed by atoms with Crippen LogP contribution >= 0.6 is 0 Å². The van der Waals surface area contributed by atoms with Gasteiger partial charge in [0.15, 0.2) is 0 Å². The molecule has 2 aliphatic rings. The summed E-state index contributed by atoms with van der Waals surface area (Å²) in [5.74, 6) is -2.63. The van der Waals surface area contributed by atoms with Gasteiger partial charge in [-0.1, -0.05) is 18.2 Å². The summed E-state index contributed by atoms with van der Waals surface area (Å²) in [5.41, 5.74) is -0.235. The third-order valence-electron chi connectivity index (χ3n) is 5.42. The molecular weight excluding hydrogens is 363 g/mol. The summed E-state index contributed by atoms with van der Waals surface area (Å²) in [6, 6.07) is 5.03. The van der Waals surface area contributed by atoms with Crippen molar-refractivity contribution in [1.29, 1.82) is 0 Å². The van der Waals surface area contributed by atoms with Crippen LogP contribution in [0.15, 0.2) is 24.3 Å². The number of benzene rings is 1. The number of carbonyl (C=O) groups excluding carboxylic acids is 1. The Morgan fingerprint density at radius 2 is 1.96 bits per heavy atom. The molecule has 2 fully saturated rings. The van der Waals surface area contributed by atoms with Crippen LogP contribution in [-0.4, -0.2) is 36.7 Å². The number of carboxylic acids is 1. The molecule has 1 amide bonds. The number of alkyl halides is 3. The highest BCUT2D eigenvalue weighted by Crippen LogP contribution is 2.48. The Morgan fingerprint density at radius 1 is 1.26 bits per heavy atom. The monoisotopic (exact) mass is 385 g/mol. The molecule has 2 N–H and O–H groups in total. The molecular formula is C19H22F3NO4. The van der Waals surface area contributed by atoms with E-state index < -0.39 is 29.5 Å². The van der Waals surface area contributed by atoms with E-state index in [1.807, 2.05) is 0 Å². The van der Waals surface area contributed by atoms with Gasteiger partial charge in [0.25, 0.3) is 0 Å². The van der Waals surface area contributed by atoms with Crippen LogP contribution in [-0.2, 0) is 20.5 Å². The Bertz CT molecular complexity index is 700. The number of ether oxygens (including phenoxy) is 1. The molecule has 1 saturated heterocycles. The molecule has 0 bridgehead atoms. The minimum atomic E-state index is -4.42. The average molecular weight is 385 g/mol. The molecule has 3 atom stereocenters. The van der Waals surface area contributed by atoms with Gasteiger partial charge >= 0.3 is 12.1 Å². The number of halogens is 3. The maximum Gasteiger partial charge on any atom is 0.416 e. The van der Waals surface area contributed by atoms with Gasteiger partial charge in [-0.25, -0.2) is 0 Å². The van der Waals surface area contributed by atoms with Crippen LogP contribution in [0.5, 0.6) is 0 Å². The van der Waals surface area contributed by atoms with E-state index in [0.717, 1.165) is 12.1 Å². The van der Waals surface area contributed by atoms with Crippen molar-refractivity contribution in [2.75, 3.05) is 19.8 Å². The number of hydrogen-bond acceptors (Lipinski definition) is 3. The van der Waals surface area contributed by atoms with E-state index >= 15 is 0 Å². The van der Waals surface area contributed by atoms with Crippen molar-refractivity contribution >= 4 is 11.9 Å². The first-order valence-electron chi connectivity index (χ1n) is 9.03. The molecule has 1 aromatic rings. The zero-order chi connectivity index (χ0) is 19.6. The average Bonchev–Trinajstić information content (AvgIpc) is 3.43. The van der Waals surface area contributed by atoms with Gasteiger partial charge in [0.1, 0.15) is 0 Å². The van der Waals surface area contributed by atoms with Gasteiger partial charge in [-0.3, -0.25) is 9.59 Å². The Balaban J connectivity index is 1.56. The fourth-order valence-electron chi connectivity index (χ4n) is 3.71. The number of rotatable bonds is 6. The number of carboxylic acid groups (broad SMARTS) is 1. The highest BCUT2D eigenvalue weighted by Gasteiger charge is 2.45. The van der Waals surface area contributed by atoms with E-state index in [4.69, 9.17) is 4.74 Å². The van der Waals surface area contributed by atoms with Gasteiger partial charge in [0.2, 0.25) is 5.91 Å². The van der Waals surface area contributed by atoms with Gasteiger partial charge in [-0.15, -0.1) is 0 Å². The summed E-state index contributed by atoms with van der Waals surface area (Å²) >= 11 is 0. The Kier molecular flexibility index (Phi) is 5.74. The predicted octanol–water partition coefficient (Wildman–Crippen LogP) is 3.05. The fraction of sp³-hybridized carbons (Fsp3) is 0.579. The number of amides is 1. The first kappa shape index (κ1) is 19.7. The number of nitrogens with one attached hydrogen (secondary N) is 1. The highest BCUT2D eigenvalue weighted by molar-refractivity contribution is 5.83. The first-order valence-corrected chi connectivity index (χ1v) is 9.03. The Morgan fingerprint density at radius 3 is 2.59 bits per heavy atom. The lowest BCUT2D eigenvalue weighted by Crippen LogP contribution is -2.39. The summed E-state index contributed by atoms with van der Waals surface area (Å²) in [4.78, 5) is 23.8.